The van der Waals surface area contributed by atoms with Gasteiger partial charge in [0.25, 0.3) is 0 Å². The van der Waals surface area contributed by atoms with Crippen molar-refractivity contribution in [2.75, 3.05) is 0 Å². The molecule has 28 heavy (non-hydrogen) atoms. The Balaban J connectivity index is 1.84. The van der Waals surface area contributed by atoms with Gasteiger partial charge < -0.3 is 5.11 Å². The van der Waals surface area contributed by atoms with E-state index < -0.39 is 0 Å². The SMILES string of the molecule is CCC(CC(CC(C)c1ccccc1)c1ccc(CO)cc1)c1ccccc1. The van der Waals surface area contributed by atoms with Crippen molar-refractivity contribution in [3.8, 4) is 0 Å². The highest BCUT2D eigenvalue weighted by Gasteiger charge is 2.21. The van der Waals surface area contributed by atoms with Crippen LogP contribution in [0.15, 0.2) is 84.9 Å². The molecule has 3 atom stereocenters. The molecule has 0 aliphatic heterocycles. The molecule has 1 heteroatoms. The Morgan fingerprint density at radius 2 is 1.18 bits per heavy atom. The van der Waals surface area contributed by atoms with Gasteiger partial charge in [0.15, 0.2) is 0 Å². The van der Waals surface area contributed by atoms with Crippen LogP contribution in [0, 0.1) is 0 Å². The summed E-state index contributed by atoms with van der Waals surface area (Å²) in [5.74, 6) is 1.57. The number of hydrogen-bond acceptors (Lipinski definition) is 1. The van der Waals surface area contributed by atoms with Crippen molar-refractivity contribution in [2.24, 2.45) is 0 Å². The van der Waals surface area contributed by atoms with Crippen molar-refractivity contribution in [2.45, 2.75) is 57.5 Å². The minimum atomic E-state index is 0.104. The number of rotatable bonds is 9. The molecule has 3 unspecified atom stereocenters. The van der Waals surface area contributed by atoms with Crippen LogP contribution in [0.25, 0.3) is 0 Å². The topological polar surface area (TPSA) is 20.2 Å². The van der Waals surface area contributed by atoms with Gasteiger partial charge in [0.1, 0.15) is 0 Å². The summed E-state index contributed by atoms with van der Waals surface area (Å²) in [6.45, 7) is 4.74. The highest BCUT2D eigenvalue weighted by molar-refractivity contribution is 5.28. The molecule has 0 amide bonds. The Labute approximate surface area is 170 Å². The first-order chi connectivity index (χ1) is 13.7. The molecule has 1 nitrogen and oxygen atoms in total. The maximum atomic E-state index is 9.39. The van der Waals surface area contributed by atoms with E-state index in [4.69, 9.17) is 0 Å². The van der Waals surface area contributed by atoms with E-state index in [1.807, 2.05) is 0 Å². The van der Waals surface area contributed by atoms with Crippen molar-refractivity contribution in [1.29, 1.82) is 0 Å². The Hall–Kier alpha value is -2.38. The average molecular weight is 373 g/mol. The van der Waals surface area contributed by atoms with Gasteiger partial charge in [-0.2, -0.15) is 0 Å². The zero-order valence-corrected chi connectivity index (χ0v) is 17.1. The molecule has 0 saturated heterocycles. The molecule has 0 fully saturated rings. The van der Waals surface area contributed by atoms with Gasteiger partial charge in [0.05, 0.1) is 6.61 Å². The third-order valence-corrected chi connectivity index (χ3v) is 5.97. The third kappa shape index (κ3) is 5.33. The molecule has 0 spiro atoms. The van der Waals surface area contributed by atoms with E-state index in [1.165, 1.54) is 16.7 Å². The lowest BCUT2D eigenvalue weighted by atomic mass is 9.78. The maximum absolute atomic E-state index is 9.39. The van der Waals surface area contributed by atoms with E-state index in [2.05, 4.69) is 98.8 Å². The fourth-order valence-electron chi connectivity index (χ4n) is 4.22. The first-order valence-electron chi connectivity index (χ1n) is 10.5. The van der Waals surface area contributed by atoms with Crippen LogP contribution < -0.4 is 0 Å². The van der Waals surface area contributed by atoms with Gasteiger partial charge in [0.2, 0.25) is 0 Å². The lowest BCUT2D eigenvalue weighted by molar-refractivity contribution is 0.282. The third-order valence-electron chi connectivity index (χ3n) is 5.97. The molecule has 0 heterocycles. The van der Waals surface area contributed by atoms with E-state index in [0.717, 1.165) is 24.8 Å². The molecular weight excluding hydrogens is 340 g/mol. The molecule has 0 saturated carbocycles. The van der Waals surface area contributed by atoms with E-state index in [9.17, 15) is 5.11 Å². The van der Waals surface area contributed by atoms with Crippen molar-refractivity contribution in [3.05, 3.63) is 107 Å². The van der Waals surface area contributed by atoms with Crippen molar-refractivity contribution in [3.63, 3.8) is 0 Å². The van der Waals surface area contributed by atoms with Crippen LogP contribution in [0.3, 0.4) is 0 Å². The largest absolute Gasteiger partial charge is 0.392 e. The van der Waals surface area contributed by atoms with Gasteiger partial charge in [-0.1, -0.05) is 98.8 Å². The molecule has 0 bridgehead atoms. The molecule has 146 valence electrons. The molecule has 1 N–H and O–H groups in total. The molecule has 3 aromatic rings. The molecule has 0 radical (unpaired) electrons. The second kappa shape index (κ2) is 10.2. The predicted octanol–water partition coefficient (Wildman–Crippen LogP) is 7.04. The number of aliphatic hydroxyl groups is 1. The van der Waals surface area contributed by atoms with Gasteiger partial charge in [-0.15, -0.1) is 0 Å². The lowest BCUT2D eigenvalue weighted by Gasteiger charge is -2.26. The van der Waals surface area contributed by atoms with E-state index in [-0.39, 0.29) is 6.61 Å². The number of aliphatic hydroxyl groups excluding tert-OH is 1. The molecular formula is C27H32O. The van der Waals surface area contributed by atoms with E-state index in [0.29, 0.717) is 17.8 Å². The standard InChI is InChI=1S/C27H32O/c1-3-23(25-12-8-5-9-13-25)19-27(26-16-14-22(20-28)15-17-26)18-21(2)24-10-6-4-7-11-24/h4-17,21,23,27-28H,3,18-20H2,1-2H3. The minimum absolute atomic E-state index is 0.104. The second-order valence-electron chi connectivity index (χ2n) is 7.90. The normalized spacial score (nSPS) is 14.4. The Morgan fingerprint density at radius 1 is 0.643 bits per heavy atom. The van der Waals surface area contributed by atoms with Gasteiger partial charge in [-0.05, 0) is 59.3 Å². The smallest absolute Gasteiger partial charge is 0.0681 e. The average Bonchev–Trinajstić information content (AvgIpc) is 2.77. The van der Waals surface area contributed by atoms with Gasteiger partial charge >= 0.3 is 0 Å². The van der Waals surface area contributed by atoms with Crippen molar-refractivity contribution in [1.82, 2.24) is 0 Å². The first-order valence-corrected chi connectivity index (χ1v) is 10.5. The quantitative estimate of drug-likeness (QED) is 0.427. The van der Waals surface area contributed by atoms with E-state index >= 15 is 0 Å². The fourth-order valence-corrected chi connectivity index (χ4v) is 4.22. The summed E-state index contributed by atoms with van der Waals surface area (Å²) in [6, 6.07) is 30.3. The second-order valence-corrected chi connectivity index (χ2v) is 7.90. The fraction of sp³-hybridized carbons (Fsp3) is 0.333. The van der Waals surface area contributed by atoms with Gasteiger partial charge in [0, 0.05) is 0 Å². The highest BCUT2D eigenvalue weighted by atomic mass is 16.3. The summed E-state index contributed by atoms with van der Waals surface area (Å²) >= 11 is 0. The van der Waals surface area contributed by atoms with Crippen LogP contribution in [-0.4, -0.2) is 5.11 Å². The Kier molecular flexibility index (Phi) is 7.45. The summed E-state index contributed by atoms with van der Waals surface area (Å²) in [7, 11) is 0. The van der Waals surface area contributed by atoms with Crippen LogP contribution in [-0.2, 0) is 6.61 Å². The Morgan fingerprint density at radius 3 is 1.71 bits per heavy atom. The summed E-state index contributed by atoms with van der Waals surface area (Å²) < 4.78 is 0. The number of benzene rings is 3. The predicted molar refractivity (Wildman–Crippen MR) is 119 cm³/mol. The van der Waals surface area contributed by atoms with Crippen LogP contribution in [0.1, 0.15) is 73.1 Å². The molecule has 0 aliphatic rings. The molecule has 3 aromatic carbocycles. The highest BCUT2D eigenvalue weighted by Crippen LogP contribution is 2.38. The molecule has 0 aliphatic carbocycles. The van der Waals surface area contributed by atoms with Crippen LogP contribution in [0.4, 0.5) is 0 Å². The van der Waals surface area contributed by atoms with Crippen LogP contribution in [0.2, 0.25) is 0 Å². The summed E-state index contributed by atoms with van der Waals surface area (Å²) in [6.07, 6.45) is 3.43. The maximum Gasteiger partial charge on any atom is 0.0681 e. The van der Waals surface area contributed by atoms with Crippen LogP contribution >= 0.6 is 0 Å². The Bertz CT molecular complexity index is 808. The first kappa shape index (κ1) is 20.4. The zero-order chi connectivity index (χ0) is 19.8. The summed E-state index contributed by atoms with van der Waals surface area (Å²) in [5, 5.41) is 9.39. The van der Waals surface area contributed by atoms with Crippen molar-refractivity contribution >= 4 is 0 Å². The summed E-state index contributed by atoms with van der Waals surface area (Å²) in [4.78, 5) is 0. The van der Waals surface area contributed by atoms with Gasteiger partial charge in [-0.3, -0.25) is 0 Å². The monoisotopic (exact) mass is 372 g/mol. The van der Waals surface area contributed by atoms with Gasteiger partial charge in [-0.25, -0.2) is 0 Å². The molecule has 3 rings (SSSR count). The lowest BCUT2D eigenvalue weighted by Crippen LogP contribution is -2.10. The van der Waals surface area contributed by atoms with Crippen LogP contribution in [0.5, 0.6) is 0 Å². The summed E-state index contributed by atoms with van der Waals surface area (Å²) in [5.41, 5.74) is 5.21. The van der Waals surface area contributed by atoms with Crippen molar-refractivity contribution < 1.29 is 5.11 Å². The number of hydrogen-bond donors (Lipinski definition) is 1. The minimum Gasteiger partial charge on any atom is -0.392 e. The molecule has 0 aromatic heterocycles. The van der Waals surface area contributed by atoms with E-state index in [1.54, 1.807) is 0 Å². The zero-order valence-electron chi connectivity index (χ0n) is 17.1.